The van der Waals surface area contributed by atoms with E-state index in [1.807, 2.05) is 19.1 Å². The van der Waals surface area contributed by atoms with E-state index in [1.165, 1.54) is 38.2 Å². The summed E-state index contributed by atoms with van der Waals surface area (Å²) in [6.45, 7) is 17.7. The largest absolute Gasteiger partial charge is 0.458 e. The number of halogens is 1. The van der Waals surface area contributed by atoms with Crippen molar-refractivity contribution in [2.45, 2.75) is 64.1 Å². The van der Waals surface area contributed by atoms with Gasteiger partial charge in [-0.3, -0.25) is 4.79 Å². The van der Waals surface area contributed by atoms with Gasteiger partial charge in [0, 0.05) is 49.4 Å². The Hall–Kier alpha value is -3.87. The van der Waals surface area contributed by atoms with Gasteiger partial charge in [0.25, 0.3) is 0 Å². The fourth-order valence-corrected chi connectivity index (χ4v) is 8.43. The molecular formula is C37H43ClN6O3. The molecule has 1 saturated heterocycles. The van der Waals surface area contributed by atoms with Crippen LogP contribution in [0.4, 0.5) is 11.5 Å². The molecule has 2 saturated carbocycles. The van der Waals surface area contributed by atoms with E-state index < -0.39 is 0 Å². The summed E-state index contributed by atoms with van der Waals surface area (Å²) in [5.41, 5.74) is 3.73. The average molecular weight is 655 g/mol. The third kappa shape index (κ3) is 6.38. The Morgan fingerprint density at radius 3 is 2.72 bits per heavy atom. The summed E-state index contributed by atoms with van der Waals surface area (Å²) in [5, 5.41) is 2.87. The molecule has 10 heteroatoms. The Kier molecular flexibility index (Phi) is 8.99. The molecule has 1 aromatic heterocycles. The first-order valence-electron chi connectivity index (χ1n) is 16.9. The number of piperazine rings is 1. The van der Waals surface area contributed by atoms with Crippen molar-refractivity contribution in [3.05, 3.63) is 76.8 Å². The lowest BCUT2D eigenvalue weighted by Gasteiger charge is -2.54. The maximum atomic E-state index is 12.6. The zero-order valence-corrected chi connectivity index (χ0v) is 27.9. The van der Waals surface area contributed by atoms with Crippen LogP contribution < -0.4 is 14.5 Å². The van der Waals surface area contributed by atoms with Gasteiger partial charge >= 0.3 is 6.01 Å². The lowest BCUT2D eigenvalue weighted by molar-refractivity contribution is -0.128. The second-order valence-corrected chi connectivity index (χ2v) is 14.2. The molecule has 3 fully saturated rings. The summed E-state index contributed by atoms with van der Waals surface area (Å²) in [7, 11) is 0. The second-order valence-electron chi connectivity index (χ2n) is 13.8. The second kappa shape index (κ2) is 13.3. The molecule has 0 radical (unpaired) electrons. The SMILES string of the molecule is [C-]#[N+]C[C@H]1CN(c2nc(O[C@@H](C)COCC3CC4(CCC4)C3)nc3c2CCN(c2cccc4cccc(Cl)c24)C3)CCN1C(=O)C=C. The molecule has 3 heterocycles. The van der Waals surface area contributed by atoms with Gasteiger partial charge in [-0.25, -0.2) is 6.57 Å². The van der Waals surface area contributed by atoms with Gasteiger partial charge in [0.15, 0.2) is 0 Å². The van der Waals surface area contributed by atoms with Crippen LogP contribution >= 0.6 is 11.6 Å². The summed E-state index contributed by atoms with van der Waals surface area (Å²) in [4.78, 5) is 32.5. The van der Waals surface area contributed by atoms with E-state index in [4.69, 9.17) is 37.6 Å². The third-order valence-corrected chi connectivity index (χ3v) is 10.9. The molecule has 7 rings (SSSR count). The Bertz CT molecular complexity index is 1690. The number of nitrogens with zero attached hydrogens (tertiary/aromatic N) is 6. The molecule has 0 unspecified atom stereocenters. The van der Waals surface area contributed by atoms with Gasteiger partial charge in [-0.05, 0) is 74.0 Å². The molecule has 9 nitrogen and oxygen atoms in total. The number of carbonyl (C=O) groups excluding carboxylic acids is 1. The minimum Gasteiger partial charge on any atom is -0.458 e. The van der Waals surface area contributed by atoms with Gasteiger partial charge in [-0.2, -0.15) is 9.97 Å². The van der Waals surface area contributed by atoms with Crippen LogP contribution in [-0.4, -0.2) is 78.9 Å². The topological polar surface area (TPSA) is 75.4 Å². The number of ether oxygens (including phenoxy) is 2. The van der Waals surface area contributed by atoms with E-state index in [9.17, 15) is 4.79 Å². The predicted molar refractivity (Wildman–Crippen MR) is 185 cm³/mol. The van der Waals surface area contributed by atoms with Crippen molar-refractivity contribution in [1.29, 1.82) is 0 Å². The first kappa shape index (κ1) is 31.7. The highest BCUT2D eigenvalue weighted by molar-refractivity contribution is 6.36. The Morgan fingerprint density at radius 1 is 1.17 bits per heavy atom. The molecule has 0 bridgehead atoms. The maximum Gasteiger partial charge on any atom is 0.319 e. The van der Waals surface area contributed by atoms with Crippen LogP contribution in [0.2, 0.25) is 5.02 Å². The summed E-state index contributed by atoms with van der Waals surface area (Å²) < 4.78 is 12.5. The van der Waals surface area contributed by atoms with Gasteiger partial charge in [0.2, 0.25) is 12.5 Å². The van der Waals surface area contributed by atoms with Gasteiger partial charge in [0.1, 0.15) is 18.0 Å². The standard InChI is InChI=1S/C37H43ClN6O3/c1-4-33(45)44-17-16-43(21-28(44)20-39-3)35-29-12-15-42(32-11-6-9-27-8-5-10-30(38)34(27)32)22-31(29)40-36(41-35)47-25(2)23-46-24-26-18-37(19-26)13-7-14-37/h4-6,8-11,25-26,28H,1,7,12-24H2,2H3/t25-,28-/m0/s1. The first-order valence-corrected chi connectivity index (χ1v) is 17.3. The normalized spacial score (nSPS) is 21.0. The van der Waals surface area contributed by atoms with Crippen molar-refractivity contribution >= 4 is 39.8 Å². The number of benzene rings is 2. The minimum atomic E-state index is -0.252. The molecule has 2 aromatic carbocycles. The highest BCUT2D eigenvalue weighted by atomic mass is 35.5. The maximum absolute atomic E-state index is 12.6. The number of hydrogen-bond acceptors (Lipinski definition) is 7. The lowest BCUT2D eigenvalue weighted by atomic mass is 9.52. The number of hydrogen-bond donors (Lipinski definition) is 0. The van der Waals surface area contributed by atoms with E-state index in [0.29, 0.717) is 50.1 Å². The van der Waals surface area contributed by atoms with Gasteiger partial charge < -0.3 is 29.0 Å². The van der Waals surface area contributed by atoms with Crippen LogP contribution in [0.25, 0.3) is 15.6 Å². The summed E-state index contributed by atoms with van der Waals surface area (Å²) in [6.07, 6.45) is 8.64. The molecular weight excluding hydrogens is 612 g/mol. The zero-order valence-electron chi connectivity index (χ0n) is 27.2. The molecule has 2 aliphatic heterocycles. The van der Waals surface area contributed by atoms with Crippen molar-refractivity contribution in [1.82, 2.24) is 14.9 Å². The minimum absolute atomic E-state index is 0.144. The van der Waals surface area contributed by atoms with E-state index in [2.05, 4.69) is 45.5 Å². The van der Waals surface area contributed by atoms with Crippen LogP contribution in [-0.2, 0) is 22.5 Å². The number of fused-ring (bicyclic) bond motifs is 2. The molecule has 2 atom stereocenters. The van der Waals surface area contributed by atoms with Crippen molar-refractivity contribution in [2.24, 2.45) is 11.3 Å². The van der Waals surface area contributed by atoms with Crippen molar-refractivity contribution < 1.29 is 14.3 Å². The fraction of sp³-hybridized carbons (Fsp3) is 0.514. The molecule has 47 heavy (non-hydrogen) atoms. The molecule has 0 N–H and O–H groups in total. The number of anilines is 2. The Balaban J connectivity index is 1.13. The smallest absolute Gasteiger partial charge is 0.319 e. The van der Waals surface area contributed by atoms with Crippen LogP contribution in [0.3, 0.4) is 0 Å². The van der Waals surface area contributed by atoms with E-state index in [0.717, 1.165) is 58.1 Å². The highest BCUT2D eigenvalue weighted by Gasteiger charge is 2.47. The molecule has 3 aromatic rings. The Morgan fingerprint density at radius 2 is 1.98 bits per heavy atom. The molecule has 1 spiro atoms. The molecule has 2 aliphatic carbocycles. The quantitative estimate of drug-likeness (QED) is 0.187. The number of amides is 1. The molecule has 1 amide bonds. The van der Waals surface area contributed by atoms with Crippen LogP contribution in [0.5, 0.6) is 6.01 Å². The van der Waals surface area contributed by atoms with Crippen molar-refractivity contribution in [3.8, 4) is 6.01 Å². The van der Waals surface area contributed by atoms with Crippen molar-refractivity contribution in [2.75, 3.05) is 55.7 Å². The van der Waals surface area contributed by atoms with E-state index in [1.54, 1.807) is 4.90 Å². The lowest BCUT2D eigenvalue weighted by Crippen LogP contribution is -2.56. The van der Waals surface area contributed by atoms with E-state index >= 15 is 0 Å². The monoisotopic (exact) mass is 654 g/mol. The predicted octanol–water partition coefficient (Wildman–Crippen LogP) is 6.33. The summed E-state index contributed by atoms with van der Waals surface area (Å²) in [6, 6.07) is 12.4. The van der Waals surface area contributed by atoms with Gasteiger partial charge in [-0.1, -0.05) is 48.9 Å². The fourth-order valence-electron chi connectivity index (χ4n) is 8.15. The average Bonchev–Trinajstić information content (AvgIpc) is 3.04. The molecule has 4 aliphatic rings. The zero-order chi connectivity index (χ0) is 32.5. The van der Waals surface area contributed by atoms with Crippen molar-refractivity contribution in [3.63, 3.8) is 0 Å². The molecule has 246 valence electrons. The third-order valence-electron chi connectivity index (χ3n) is 10.6. The van der Waals surface area contributed by atoms with E-state index in [-0.39, 0.29) is 24.6 Å². The summed E-state index contributed by atoms with van der Waals surface area (Å²) in [5.74, 6) is 1.35. The highest BCUT2D eigenvalue weighted by Crippen LogP contribution is 2.58. The van der Waals surface area contributed by atoms with Gasteiger partial charge in [0.05, 0.1) is 23.9 Å². The first-order chi connectivity index (χ1) is 22.9. The summed E-state index contributed by atoms with van der Waals surface area (Å²) >= 11 is 6.73. The number of aromatic nitrogens is 2. The number of rotatable bonds is 10. The number of carbonyl (C=O) groups is 1. The van der Waals surface area contributed by atoms with Crippen LogP contribution in [0.15, 0.2) is 49.1 Å². The Labute approximate surface area is 282 Å². The van der Waals surface area contributed by atoms with Crippen LogP contribution in [0.1, 0.15) is 50.3 Å². The van der Waals surface area contributed by atoms with Crippen LogP contribution in [0, 0.1) is 17.9 Å². The van der Waals surface area contributed by atoms with Gasteiger partial charge in [-0.15, -0.1) is 0 Å².